The van der Waals surface area contributed by atoms with E-state index in [-0.39, 0.29) is 35.5 Å². The number of esters is 1. The summed E-state index contributed by atoms with van der Waals surface area (Å²) in [4.78, 5) is 12.5. The van der Waals surface area contributed by atoms with Gasteiger partial charge in [-0.15, -0.1) is 0 Å². The van der Waals surface area contributed by atoms with Crippen molar-refractivity contribution >= 4 is 5.97 Å². The predicted octanol–water partition coefficient (Wildman–Crippen LogP) is 7.20. The summed E-state index contributed by atoms with van der Waals surface area (Å²) in [5.74, 6) is -2.92. The Labute approximate surface area is 209 Å². The monoisotopic (exact) mass is 498 g/mol. The van der Waals surface area contributed by atoms with E-state index in [1.165, 1.54) is 36.4 Å². The third-order valence-corrected chi connectivity index (χ3v) is 6.69. The third-order valence-electron chi connectivity index (χ3n) is 6.69. The molecule has 7 heteroatoms. The van der Waals surface area contributed by atoms with Gasteiger partial charge in [-0.1, -0.05) is 30.3 Å². The van der Waals surface area contributed by atoms with Gasteiger partial charge in [-0.3, -0.25) is 0 Å². The molecule has 0 spiro atoms. The average Bonchev–Trinajstić information content (AvgIpc) is 2.90. The summed E-state index contributed by atoms with van der Waals surface area (Å²) in [5, 5.41) is 0. The molecular formula is C29H29F3O4. The lowest BCUT2D eigenvalue weighted by Gasteiger charge is -2.28. The van der Waals surface area contributed by atoms with Crippen molar-refractivity contribution in [3.63, 3.8) is 0 Å². The van der Waals surface area contributed by atoms with Crippen molar-refractivity contribution in [1.29, 1.82) is 0 Å². The zero-order valence-corrected chi connectivity index (χ0v) is 20.4. The first-order chi connectivity index (χ1) is 17.4. The van der Waals surface area contributed by atoms with Crippen LogP contribution in [0.3, 0.4) is 0 Å². The van der Waals surface area contributed by atoms with Crippen molar-refractivity contribution < 1.29 is 32.2 Å². The molecule has 3 aromatic rings. The summed E-state index contributed by atoms with van der Waals surface area (Å²) in [6.07, 6.45) is 3.34. The van der Waals surface area contributed by atoms with Gasteiger partial charge >= 0.3 is 5.97 Å². The molecule has 1 aliphatic carbocycles. The largest absolute Gasteiger partial charge is 0.423 e. The molecule has 0 N–H and O–H groups in total. The fraction of sp³-hybridized carbons (Fsp3) is 0.345. The van der Waals surface area contributed by atoms with Crippen molar-refractivity contribution in [2.45, 2.75) is 51.2 Å². The van der Waals surface area contributed by atoms with Crippen LogP contribution >= 0.6 is 0 Å². The number of carbonyl (C=O) groups is 1. The summed E-state index contributed by atoms with van der Waals surface area (Å²) < 4.78 is 60.0. The summed E-state index contributed by atoms with van der Waals surface area (Å²) >= 11 is 0. The molecule has 0 aromatic heterocycles. The Morgan fingerprint density at radius 2 is 1.64 bits per heavy atom. The number of halogens is 3. The molecule has 190 valence electrons. The highest BCUT2D eigenvalue weighted by atomic mass is 19.2. The van der Waals surface area contributed by atoms with Crippen LogP contribution in [-0.2, 0) is 16.1 Å². The molecule has 1 saturated carbocycles. The van der Waals surface area contributed by atoms with Crippen LogP contribution in [0.15, 0.2) is 54.6 Å². The van der Waals surface area contributed by atoms with Gasteiger partial charge in [0.05, 0.1) is 18.3 Å². The van der Waals surface area contributed by atoms with Gasteiger partial charge in [0, 0.05) is 30.9 Å². The molecule has 0 amide bonds. The van der Waals surface area contributed by atoms with Crippen LogP contribution < -0.4 is 4.74 Å². The Balaban J connectivity index is 1.45. The predicted molar refractivity (Wildman–Crippen MR) is 130 cm³/mol. The van der Waals surface area contributed by atoms with Gasteiger partial charge in [-0.25, -0.2) is 18.0 Å². The molecule has 0 radical (unpaired) electrons. The van der Waals surface area contributed by atoms with Crippen LogP contribution in [0.4, 0.5) is 13.2 Å². The van der Waals surface area contributed by atoms with Gasteiger partial charge in [0.1, 0.15) is 11.6 Å². The summed E-state index contributed by atoms with van der Waals surface area (Å²) in [6.45, 7) is 2.40. The summed E-state index contributed by atoms with van der Waals surface area (Å²) in [7, 11) is 1.67. The molecule has 1 fully saturated rings. The molecule has 1 aliphatic rings. The number of carbonyl (C=O) groups excluding carboxylic acids is 1. The van der Waals surface area contributed by atoms with Crippen molar-refractivity contribution in [3.05, 3.63) is 88.7 Å². The maximum atomic E-state index is 15.0. The third kappa shape index (κ3) is 5.79. The second-order valence-corrected chi connectivity index (χ2v) is 8.90. The Morgan fingerprint density at radius 1 is 0.917 bits per heavy atom. The second kappa shape index (κ2) is 11.7. The number of methoxy groups -OCH3 is 1. The molecule has 0 unspecified atom stereocenters. The Morgan fingerprint density at radius 3 is 2.28 bits per heavy atom. The van der Waals surface area contributed by atoms with Crippen molar-refractivity contribution in [1.82, 2.24) is 0 Å². The van der Waals surface area contributed by atoms with Crippen LogP contribution in [-0.4, -0.2) is 25.8 Å². The minimum atomic E-state index is -0.903. The van der Waals surface area contributed by atoms with Gasteiger partial charge < -0.3 is 14.2 Å². The van der Waals surface area contributed by atoms with Crippen molar-refractivity contribution in [2.24, 2.45) is 0 Å². The normalized spacial score (nSPS) is 17.7. The van der Waals surface area contributed by atoms with E-state index >= 15 is 4.39 Å². The quantitative estimate of drug-likeness (QED) is 0.243. The molecule has 36 heavy (non-hydrogen) atoms. The van der Waals surface area contributed by atoms with Crippen LogP contribution in [0, 0.1) is 17.5 Å². The van der Waals surface area contributed by atoms with Gasteiger partial charge in [-0.2, -0.15) is 0 Å². The number of hydrogen-bond acceptors (Lipinski definition) is 4. The van der Waals surface area contributed by atoms with E-state index in [4.69, 9.17) is 14.2 Å². The molecule has 3 aromatic carbocycles. The van der Waals surface area contributed by atoms with Crippen molar-refractivity contribution in [3.8, 4) is 16.9 Å². The second-order valence-electron chi connectivity index (χ2n) is 8.90. The maximum absolute atomic E-state index is 15.0. The van der Waals surface area contributed by atoms with Gasteiger partial charge in [0.15, 0.2) is 11.6 Å². The average molecular weight is 499 g/mol. The fourth-order valence-corrected chi connectivity index (χ4v) is 4.58. The minimum absolute atomic E-state index is 0.0323. The van der Waals surface area contributed by atoms with Crippen LogP contribution in [0.1, 0.15) is 60.0 Å². The summed E-state index contributed by atoms with van der Waals surface area (Å²) in [5.41, 5.74) is 1.51. The lowest BCUT2D eigenvalue weighted by molar-refractivity contribution is 0.0655. The number of hydrogen-bond donors (Lipinski definition) is 0. The van der Waals surface area contributed by atoms with Gasteiger partial charge in [-0.05, 0) is 67.9 Å². The van der Waals surface area contributed by atoms with E-state index in [0.717, 1.165) is 31.7 Å². The first kappa shape index (κ1) is 25.9. The van der Waals surface area contributed by atoms with Crippen molar-refractivity contribution in [2.75, 3.05) is 13.7 Å². The highest BCUT2D eigenvalue weighted by molar-refractivity contribution is 5.91. The van der Waals surface area contributed by atoms with E-state index in [1.807, 2.05) is 6.92 Å². The maximum Gasteiger partial charge on any atom is 0.343 e. The molecule has 0 atom stereocenters. The van der Waals surface area contributed by atoms with Gasteiger partial charge in [0.2, 0.25) is 0 Å². The Bertz CT molecular complexity index is 1200. The molecule has 0 heterocycles. The fourth-order valence-electron chi connectivity index (χ4n) is 4.58. The molecule has 0 saturated heterocycles. The summed E-state index contributed by atoms with van der Waals surface area (Å²) in [6, 6.07) is 13.3. The first-order valence-electron chi connectivity index (χ1n) is 12.1. The first-order valence-corrected chi connectivity index (χ1v) is 12.1. The van der Waals surface area contributed by atoms with E-state index in [0.29, 0.717) is 23.3 Å². The standard InChI is InChI=1S/C29H29F3O4/c1-3-35-17-21-10-13-23(16-26(21)30)36-29(33)20-6-4-18(5-7-20)24-14-15-25(28(32)27(24)31)19-8-11-22(34-2)12-9-19/h4-7,10,13-16,19,22H,3,8-9,11-12,17H2,1-2H3. The number of benzene rings is 3. The molecule has 0 aliphatic heterocycles. The van der Waals surface area contributed by atoms with E-state index in [9.17, 15) is 13.6 Å². The molecule has 4 nitrogen and oxygen atoms in total. The lowest BCUT2D eigenvalue weighted by atomic mass is 9.82. The van der Waals surface area contributed by atoms with Crippen LogP contribution in [0.5, 0.6) is 5.75 Å². The Kier molecular flexibility index (Phi) is 8.44. The van der Waals surface area contributed by atoms with E-state index < -0.39 is 23.4 Å². The number of rotatable bonds is 8. The zero-order valence-electron chi connectivity index (χ0n) is 20.4. The molecule has 4 rings (SSSR count). The topological polar surface area (TPSA) is 44.8 Å². The molecular weight excluding hydrogens is 469 g/mol. The zero-order chi connectivity index (χ0) is 25.7. The SMILES string of the molecule is CCOCc1ccc(OC(=O)c2ccc(-c3ccc(C4CCC(OC)CC4)c(F)c3F)cc2)cc1F. The highest BCUT2D eigenvalue weighted by Crippen LogP contribution is 2.37. The van der Waals surface area contributed by atoms with E-state index in [1.54, 1.807) is 19.2 Å². The Hall–Kier alpha value is -3.16. The van der Waals surface area contributed by atoms with E-state index in [2.05, 4.69) is 0 Å². The van der Waals surface area contributed by atoms with Crippen LogP contribution in [0.2, 0.25) is 0 Å². The lowest BCUT2D eigenvalue weighted by Crippen LogP contribution is -2.20. The van der Waals surface area contributed by atoms with Gasteiger partial charge in [0.25, 0.3) is 0 Å². The highest BCUT2D eigenvalue weighted by Gasteiger charge is 2.26. The smallest absolute Gasteiger partial charge is 0.343 e. The minimum Gasteiger partial charge on any atom is -0.423 e. The molecule has 0 bridgehead atoms. The van der Waals surface area contributed by atoms with Crippen LogP contribution in [0.25, 0.3) is 11.1 Å². The number of ether oxygens (including phenoxy) is 3.